The van der Waals surface area contributed by atoms with Crippen LogP contribution in [0.1, 0.15) is 21.6 Å². The normalized spacial score (nSPS) is 10.2. The molecule has 20 heavy (non-hydrogen) atoms. The van der Waals surface area contributed by atoms with E-state index in [9.17, 15) is 9.59 Å². The largest absolute Gasteiger partial charge is 0.278 e. The molecule has 1 aromatic heterocycles. The predicted octanol–water partition coefficient (Wildman–Crippen LogP) is 3.26. The molecule has 0 aliphatic carbocycles. The number of hydrogen-bond acceptors (Lipinski definition) is 3. The van der Waals surface area contributed by atoms with E-state index in [1.807, 2.05) is 19.1 Å². The molecular formula is C15H13BrN2O2. The van der Waals surface area contributed by atoms with Crippen LogP contribution in [0.4, 0.5) is 5.82 Å². The van der Waals surface area contributed by atoms with Crippen LogP contribution in [0, 0.1) is 13.8 Å². The Labute approximate surface area is 125 Å². The van der Waals surface area contributed by atoms with Crippen LogP contribution < -0.4 is 4.90 Å². The highest BCUT2D eigenvalue weighted by atomic mass is 79.9. The van der Waals surface area contributed by atoms with Gasteiger partial charge in [0.05, 0.1) is 0 Å². The molecule has 102 valence electrons. The van der Waals surface area contributed by atoms with Crippen molar-refractivity contribution in [2.45, 2.75) is 13.8 Å². The number of benzene rings is 1. The summed E-state index contributed by atoms with van der Waals surface area (Å²) in [6.07, 6.45) is 0.491. The van der Waals surface area contributed by atoms with Gasteiger partial charge in [-0.05, 0) is 43.7 Å². The van der Waals surface area contributed by atoms with Crippen LogP contribution >= 0.6 is 15.9 Å². The summed E-state index contributed by atoms with van der Waals surface area (Å²) < 4.78 is 0.787. The van der Waals surface area contributed by atoms with E-state index in [-0.39, 0.29) is 0 Å². The molecule has 0 saturated heterocycles. The molecule has 0 spiro atoms. The zero-order valence-corrected chi connectivity index (χ0v) is 12.7. The average Bonchev–Trinajstić information content (AvgIpc) is 2.42. The third-order valence-electron chi connectivity index (χ3n) is 2.87. The third kappa shape index (κ3) is 2.93. The summed E-state index contributed by atoms with van der Waals surface area (Å²) in [6, 6.07) is 10.6. The Morgan fingerprint density at radius 1 is 1.25 bits per heavy atom. The van der Waals surface area contributed by atoms with Gasteiger partial charge in [-0.2, -0.15) is 0 Å². The number of rotatable bonds is 3. The number of carbonyl (C=O) groups is 2. The van der Waals surface area contributed by atoms with Crippen molar-refractivity contribution in [1.82, 2.24) is 4.98 Å². The topological polar surface area (TPSA) is 50.3 Å². The monoisotopic (exact) mass is 332 g/mol. The van der Waals surface area contributed by atoms with Crippen molar-refractivity contribution in [3.8, 4) is 0 Å². The first-order valence-electron chi connectivity index (χ1n) is 6.01. The van der Waals surface area contributed by atoms with E-state index in [2.05, 4.69) is 20.9 Å². The second kappa shape index (κ2) is 5.96. The maximum atomic E-state index is 12.5. The van der Waals surface area contributed by atoms with Crippen LogP contribution in [0.25, 0.3) is 0 Å². The maximum absolute atomic E-state index is 12.5. The summed E-state index contributed by atoms with van der Waals surface area (Å²) in [6.45, 7) is 3.63. The quantitative estimate of drug-likeness (QED) is 0.810. The van der Waals surface area contributed by atoms with Gasteiger partial charge in [-0.15, -0.1) is 0 Å². The number of halogens is 1. The van der Waals surface area contributed by atoms with Crippen LogP contribution in [0.2, 0.25) is 0 Å². The van der Waals surface area contributed by atoms with E-state index in [0.717, 1.165) is 20.6 Å². The molecule has 1 aromatic carbocycles. The van der Waals surface area contributed by atoms with Crippen molar-refractivity contribution in [2.24, 2.45) is 0 Å². The highest BCUT2D eigenvalue weighted by Gasteiger charge is 2.20. The summed E-state index contributed by atoms with van der Waals surface area (Å²) >= 11 is 3.33. The number of pyridine rings is 1. The van der Waals surface area contributed by atoms with E-state index in [4.69, 9.17) is 0 Å². The lowest BCUT2D eigenvalue weighted by molar-refractivity contribution is -0.107. The van der Waals surface area contributed by atoms with Crippen LogP contribution in [0.5, 0.6) is 0 Å². The van der Waals surface area contributed by atoms with Gasteiger partial charge in [0.15, 0.2) is 0 Å². The molecule has 0 saturated carbocycles. The Morgan fingerprint density at radius 3 is 2.65 bits per heavy atom. The molecule has 0 atom stereocenters. The molecule has 0 unspecified atom stereocenters. The maximum Gasteiger partial charge on any atom is 0.266 e. The predicted molar refractivity (Wildman–Crippen MR) is 80.7 cm³/mol. The fourth-order valence-corrected chi connectivity index (χ4v) is 2.18. The number of aromatic nitrogens is 1. The Balaban J connectivity index is 2.44. The highest BCUT2D eigenvalue weighted by molar-refractivity contribution is 9.10. The number of aryl methyl sites for hydroxylation is 2. The highest BCUT2D eigenvalue weighted by Crippen LogP contribution is 2.20. The van der Waals surface area contributed by atoms with Crippen molar-refractivity contribution < 1.29 is 9.59 Å². The van der Waals surface area contributed by atoms with Gasteiger partial charge in [-0.3, -0.25) is 9.59 Å². The van der Waals surface area contributed by atoms with Gasteiger partial charge < -0.3 is 0 Å². The number of hydrogen-bond donors (Lipinski definition) is 0. The lowest BCUT2D eigenvalue weighted by Gasteiger charge is -2.16. The number of anilines is 1. The van der Waals surface area contributed by atoms with Gasteiger partial charge >= 0.3 is 0 Å². The molecule has 0 aliphatic rings. The van der Waals surface area contributed by atoms with E-state index >= 15 is 0 Å². The molecule has 0 aliphatic heterocycles. The lowest BCUT2D eigenvalue weighted by Crippen LogP contribution is -2.30. The summed E-state index contributed by atoms with van der Waals surface area (Å²) in [5.41, 5.74) is 2.01. The number of amides is 2. The van der Waals surface area contributed by atoms with E-state index in [1.165, 1.54) is 0 Å². The van der Waals surface area contributed by atoms with Gasteiger partial charge in [-0.25, -0.2) is 9.88 Å². The van der Waals surface area contributed by atoms with Gasteiger partial charge in [0.2, 0.25) is 6.41 Å². The first-order chi connectivity index (χ1) is 9.52. The fraction of sp³-hybridized carbons (Fsp3) is 0.133. The fourth-order valence-electron chi connectivity index (χ4n) is 1.82. The van der Waals surface area contributed by atoms with Gasteiger partial charge in [-0.1, -0.05) is 28.1 Å². The van der Waals surface area contributed by atoms with Crippen LogP contribution in [-0.2, 0) is 4.79 Å². The van der Waals surface area contributed by atoms with Crippen LogP contribution in [0.3, 0.4) is 0 Å². The minimum atomic E-state index is -0.392. The summed E-state index contributed by atoms with van der Waals surface area (Å²) in [7, 11) is 0. The van der Waals surface area contributed by atoms with Crippen molar-refractivity contribution in [2.75, 3.05) is 4.90 Å². The minimum absolute atomic E-state index is 0.323. The first-order valence-corrected chi connectivity index (χ1v) is 6.81. The second-order valence-electron chi connectivity index (χ2n) is 4.38. The number of nitrogens with zero attached hydrogens (tertiary/aromatic N) is 2. The molecule has 2 amide bonds. The van der Waals surface area contributed by atoms with Crippen LogP contribution in [-0.4, -0.2) is 17.3 Å². The minimum Gasteiger partial charge on any atom is -0.278 e. The van der Waals surface area contributed by atoms with Gasteiger partial charge in [0.25, 0.3) is 5.91 Å². The van der Waals surface area contributed by atoms with Crippen molar-refractivity contribution >= 4 is 34.1 Å². The molecule has 0 radical (unpaired) electrons. The average molecular weight is 333 g/mol. The zero-order chi connectivity index (χ0) is 14.7. The molecule has 1 heterocycles. The molecule has 5 heteroatoms. The van der Waals surface area contributed by atoms with E-state index < -0.39 is 5.91 Å². The third-order valence-corrected chi connectivity index (χ3v) is 3.37. The molecular weight excluding hydrogens is 320 g/mol. The Kier molecular flexibility index (Phi) is 4.29. The Bertz CT molecular complexity index is 671. The molecule has 2 rings (SSSR count). The summed E-state index contributed by atoms with van der Waals surface area (Å²) in [5.74, 6) is -0.0683. The van der Waals surface area contributed by atoms with E-state index in [1.54, 1.807) is 31.2 Å². The Hall–Kier alpha value is -2.01. The Morgan fingerprint density at radius 2 is 2.00 bits per heavy atom. The summed E-state index contributed by atoms with van der Waals surface area (Å²) in [4.78, 5) is 29.0. The molecule has 4 nitrogen and oxygen atoms in total. The molecule has 2 aromatic rings. The number of imide groups is 1. The number of carbonyl (C=O) groups excluding carboxylic acids is 2. The lowest BCUT2D eigenvalue weighted by atomic mass is 10.1. The van der Waals surface area contributed by atoms with Gasteiger partial charge in [0.1, 0.15) is 5.82 Å². The summed E-state index contributed by atoms with van der Waals surface area (Å²) in [5, 5.41) is 0. The van der Waals surface area contributed by atoms with Crippen molar-refractivity contribution in [1.29, 1.82) is 0 Å². The standard InChI is InChI=1S/C15H13BrN2O2/c1-10-6-7-12(16)8-13(10)15(20)18(9-19)14-5-3-4-11(2)17-14/h3-9H,1-2H3. The van der Waals surface area contributed by atoms with Crippen molar-refractivity contribution in [3.63, 3.8) is 0 Å². The molecule has 0 bridgehead atoms. The molecule has 0 N–H and O–H groups in total. The van der Waals surface area contributed by atoms with Crippen molar-refractivity contribution in [3.05, 3.63) is 57.7 Å². The first kappa shape index (κ1) is 14.4. The molecule has 0 fully saturated rings. The second-order valence-corrected chi connectivity index (χ2v) is 5.29. The SMILES string of the molecule is Cc1cccc(N(C=O)C(=O)c2cc(Br)ccc2C)n1. The van der Waals surface area contributed by atoms with E-state index in [0.29, 0.717) is 17.8 Å². The zero-order valence-electron chi connectivity index (χ0n) is 11.1. The smallest absolute Gasteiger partial charge is 0.266 e. The van der Waals surface area contributed by atoms with Gasteiger partial charge in [0, 0.05) is 15.7 Å². The van der Waals surface area contributed by atoms with Crippen LogP contribution in [0.15, 0.2) is 40.9 Å².